The minimum Gasteiger partial charge on any atom is -0.470 e. The third kappa shape index (κ3) is 6.23. The molecule has 0 saturated carbocycles. The number of ether oxygens (including phenoxy) is 1. The fourth-order valence-corrected chi connectivity index (χ4v) is 7.24. The van der Waals surface area contributed by atoms with Crippen LogP contribution in [-0.2, 0) is 30.7 Å². The summed E-state index contributed by atoms with van der Waals surface area (Å²) in [7, 11) is -3.33. The largest absolute Gasteiger partial charge is 0.488 e. The summed E-state index contributed by atoms with van der Waals surface area (Å²) in [6.45, 7) is -0.0392. The maximum atomic E-state index is 14.9. The molecule has 0 bridgehead atoms. The van der Waals surface area contributed by atoms with Gasteiger partial charge in [-0.2, -0.15) is 4.31 Å². The molecule has 3 N–H and O–H groups in total. The van der Waals surface area contributed by atoms with Crippen molar-refractivity contribution in [3.63, 3.8) is 0 Å². The zero-order valence-electron chi connectivity index (χ0n) is 27.9. The van der Waals surface area contributed by atoms with E-state index in [1.165, 1.54) is 53.8 Å². The zero-order valence-corrected chi connectivity index (χ0v) is 28.8. The number of hydrogen-bond donors (Lipinski definition) is 4. The number of halogens is 2. The monoisotopic (exact) mass is 734 g/mol. The van der Waals surface area contributed by atoms with Crippen molar-refractivity contribution in [2.45, 2.75) is 19.8 Å². The van der Waals surface area contributed by atoms with Gasteiger partial charge >= 0.3 is 7.12 Å². The number of carbonyl (C=O) groups excluding carboxylic acids is 1. The Kier molecular flexibility index (Phi) is 8.78. The van der Waals surface area contributed by atoms with Crippen molar-refractivity contribution in [3.05, 3.63) is 125 Å². The molecule has 3 aromatic heterocycles. The van der Waals surface area contributed by atoms with Crippen LogP contribution in [0.25, 0.3) is 55.8 Å². The Balaban J connectivity index is 1.31. The van der Waals surface area contributed by atoms with Crippen LogP contribution in [0.3, 0.4) is 0 Å². The van der Waals surface area contributed by atoms with Crippen molar-refractivity contribution in [2.75, 3.05) is 7.05 Å². The third-order valence-corrected chi connectivity index (χ3v) is 10.1. The van der Waals surface area contributed by atoms with E-state index in [1.54, 1.807) is 54.6 Å². The van der Waals surface area contributed by atoms with Crippen LogP contribution in [0.4, 0.5) is 8.78 Å². The van der Waals surface area contributed by atoms with E-state index in [0.717, 1.165) is 0 Å². The lowest BCUT2D eigenvalue weighted by Gasteiger charge is -2.22. The summed E-state index contributed by atoms with van der Waals surface area (Å²) in [6, 6.07) is 25.1. The van der Waals surface area contributed by atoms with Gasteiger partial charge < -0.3 is 29.1 Å². The molecule has 4 aromatic carbocycles. The van der Waals surface area contributed by atoms with E-state index in [4.69, 9.17) is 14.1 Å². The Morgan fingerprint density at radius 3 is 2.45 bits per heavy atom. The van der Waals surface area contributed by atoms with Crippen LogP contribution in [-0.4, -0.2) is 52.4 Å². The van der Waals surface area contributed by atoms with Crippen LogP contribution in [0.15, 0.2) is 101 Å². The van der Waals surface area contributed by atoms with Gasteiger partial charge in [0.25, 0.3) is 5.91 Å². The Labute approximate surface area is 302 Å². The molecule has 0 aliphatic carbocycles. The molecule has 0 fully saturated rings. The summed E-state index contributed by atoms with van der Waals surface area (Å²) < 4.78 is 69.6. The van der Waals surface area contributed by atoms with Gasteiger partial charge in [-0.25, -0.2) is 22.2 Å². The number of hydrogen-bond acceptors (Lipinski definition) is 8. The first kappa shape index (κ1) is 34.2. The maximum Gasteiger partial charge on any atom is 0.488 e. The molecule has 15 heteroatoms. The Bertz CT molecular complexity index is 2630. The minimum atomic E-state index is -3.14. The number of nitrogens with zero attached hydrogens (tertiary/aromatic N) is 3. The van der Waals surface area contributed by atoms with E-state index < -0.39 is 29.7 Å². The van der Waals surface area contributed by atoms with E-state index in [1.807, 2.05) is 4.57 Å². The van der Waals surface area contributed by atoms with Crippen LogP contribution in [0.1, 0.15) is 21.5 Å². The Morgan fingerprint density at radius 1 is 0.962 bits per heavy atom. The predicted molar refractivity (Wildman–Crippen MR) is 196 cm³/mol. The number of aromatic nitrogens is 2. The number of rotatable bonds is 9. The van der Waals surface area contributed by atoms with Gasteiger partial charge in [-0.15, -0.1) is 0 Å². The third-order valence-electron chi connectivity index (χ3n) is 9.32. The second kappa shape index (κ2) is 13.6. The Morgan fingerprint density at radius 2 is 1.74 bits per heavy atom. The van der Waals surface area contributed by atoms with E-state index >= 15 is 0 Å². The first-order valence-corrected chi connectivity index (χ1v) is 17.6. The van der Waals surface area contributed by atoms with E-state index in [9.17, 15) is 32.0 Å². The van der Waals surface area contributed by atoms with Gasteiger partial charge in [0.15, 0.2) is 6.73 Å². The molecule has 0 atom stereocenters. The zero-order chi connectivity index (χ0) is 37.0. The van der Waals surface area contributed by atoms with Crippen LogP contribution in [0.2, 0.25) is 0 Å². The normalized spacial score (nSPS) is 12.3. The Hall–Kier alpha value is -5.87. The topological polar surface area (TPSA) is 147 Å². The number of fused-ring (bicyclic) bond motifs is 6. The summed E-state index contributed by atoms with van der Waals surface area (Å²) in [4.78, 5) is 18.4. The lowest BCUT2D eigenvalue weighted by molar-refractivity contribution is 0.0964. The van der Waals surface area contributed by atoms with Gasteiger partial charge in [-0.3, -0.25) is 4.79 Å². The molecule has 1 aliphatic heterocycles. The van der Waals surface area contributed by atoms with Crippen LogP contribution in [0, 0.1) is 11.6 Å². The maximum absolute atomic E-state index is 14.9. The van der Waals surface area contributed by atoms with Gasteiger partial charge in [-0.1, -0.05) is 30.3 Å². The van der Waals surface area contributed by atoms with E-state index in [-0.39, 0.29) is 48.0 Å². The van der Waals surface area contributed by atoms with Crippen LogP contribution >= 0.6 is 0 Å². The number of furan rings is 1. The van der Waals surface area contributed by atoms with Crippen LogP contribution in [0.5, 0.6) is 5.75 Å². The molecule has 0 spiro atoms. The molecule has 1 aliphatic rings. The van der Waals surface area contributed by atoms with Gasteiger partial charge in [0.2, 0.25) is 10.9 Å². The van der Waals surface area contributed by atoms with E-state index in [0.29, 0.717) is 61.4 Å². The first-order valence-electron chi connectivity index (χ1n) is 16.4. The standard InChI is InChI=1S/C38H29BF2N4O7S/c1-42-38(46)35-28-16-26(30-13-14-33-36(43-30)32-17-27-29(41)3-2-4-31(27)45(32)20-51-33)23(15-34(28)52-37(35)22-7-11-25(40)12-8-22)19-44(53(49)50)18-21-5-9-24(10-6-21)39(47)48/h2-17,47-48,53H,18-20H2,1H3,(H,42,46). The van der Waals surface area contributed by atoms with Crippen molar-refractivity contribution in [1.29, 1.82) is 0 Å². The van der Waals surface area contributed by atoms with Gasteiger partial charge in [-0.05, 0) is 83.3 Å². The molecule has 53 heavy (non-hydrogen) atoms. The number of carbonyl (C=O) groups is 1. The fourth-order valence-electron chi connectivity index (χ4n) is 6.70. The lowest BCUT2D eigenvalue weighted by atomic mass is 9.80. The molecular weight excluding hydrogens is 705 g/mol. The van der Waals surface area contributed by atoms with Gasteiger partial charge in [0.1, 0.15) is 34.4 Å². The highest BCUT2D eigenvalue weighted by Crippen LogP contribution is 2.42. The minimum absolute atomic E-state index is 0.0441. The summed E-state index contributed by atoms with van der Waals surface area (Å²) in [5.74, 6) is -0.642. The fraction of sp³-hybridized carbons (Fsp3) is 0.105. The number of amides is 1. The molecule has 8 rings (SSSR count). The second-order valence-corrected chi connectivity index (χ2v) is 13.6. The number of benzene rings is 4. The molecule has 7 aromatic rings. The van der Waals surface area contributed by atoms with Crippen molar-refractivity contribution in [1.82, 2.24) is 19.2 Å². The molecule has 0 unspecified atom stereocenters. The first-order chi connectivity index (χ1) is 25.6. The van der Waals surface area contributed by atoms with E-state index in [2.05, 4.69) is 5.32 Å². The molecule has 0 saturated heterocycles. The van der Waals surface area contributed by atoms with Crippen molar-refractivity contribution in [2.24, 2.45) is 0 Å². The van der Waals surface area contributed by atoms with Gasteiger partial charge in [0, 0.05) is 42.0 Å². The predicted octanol–water partition coefficient (Wildman–Crippen LogP) is 4.98. The molecular formula is C38H29BF2N4O7S. The molecule has 0 radical (unpaired) electrons. The smallest absolute Gasteiger partial charge is 0.470 e. The average Bonchev–Trinajstić information content (AvgIpc) is 3.74. The summed E-state index contributed by atoms with van der Waals surface area (Å²) in [5.41, 5.74) is 4.87. The summed E-state index contributed by atoms with van der Waals surface area (Å²) in [5, 5.41) is 22.5. The van der Waals surface area contributed by atoms with Gasteiger partial charge in [0.05, 0.1) is 22.5 Å². The molecule has 266 valence electrons. The molecule has 4 heterocycles. The van der Waals surface area contributed by atoms with Crippen molar-refractivity contribution >= 4 is 51.3 Å². The molecule has 11 nitrogen and oxygen atoms in total. The summed E-state index contributed by atoms with van der Waals surface area (Å²) in [6.07, 6.45) is 0. The SMILES string of the molecule is CNC(=O)c1c(-c2ccc(F)cc2)oc2cc(CN(Cc3ccc(B(O)O)cc3)[SH](=O)=O)c(-c3ccc4c(n3)-c3cc5c(F)cccc5n3CO4)cc12. The number of thiol groups is 1. The average molecular weight is 735 g/mol. The quantitative estimate of drug-likeness (QED) is 0.120. The highest BCUT2D eigenvalue weighted by molar-refractivity contribution is 7.69. The van der Waals surface area contributed by atoms with Crippen molar-refractivity contribution < 1.29 is 41.2 Å². The number of nitrogens with one attached hydrogen (secondary N) is 1. The number of pyridine rings is 1. The lowest BCUT2D eigenvalue weighted by Crippen LogP contribution is -2.29. The summed E-state index contributed by atoms with van der Waals surface area (Å²) >= 11 is 0. The molecule has 1 amide bonds. The second-order valence-electron chi connectivity index (χ2n) is 12.5. The highest BCUT2D eigenvalue weighted by atomic mass is 32.2. The highest BCUT2D eigenvalue weighted by Gasteiger charge is 2.27. The van der Waals surface area contributed by atoms with Crippen LogP contribution < -0.4 is 15.5 Å². The van der Waals surface area contributed by atoms with Crippen molar-refractivity contribution in [3.8, 4) is 39.7 Å².